The summed E-state index contributed by atoms with van der Waals surface area (Å²) in [4.78, 5) is 2.63. The van der Waals surface area contributed by atoms with Gasteiger partial charge in [0.2, 0.25) is 0 Å². The number of rotatable bonds is 4. The van der Waals surface area contributed by atoms with E-state index in [2.05, 4.69) is 82.4 Å². The van der Waals surface area contributed by atoms with Crippen molar-refractivity contribution in [3.8, 4) is 0 Å². The summed E-state index contributed by atoms with van der Waals surface area (Å²) in [7, 11) is 0. The van der Waals surface area contributed by atoms with Crippen LogP contribution in [0.15, 0.2) is 52.3 Å². The van der Waals surface area contributed by atoms with E-state index in [0.717, 1.165) is 6.54 Å². The van der Waals surface area contributed by atoms with Crippen LogP contribution in [-0.4, -0.2) is 5.54 Å². The summed E-state index contributed by atoms with van der Waals surface area (Å²) in [6.45, 7) is 11.8. The number of hydrogen-bond donors (Lipinski definition) is 1. The van der Waals surface area contributed by atoms with E-state index < -0.39 is 0 Å². The van der Waals surface area contributed by atoms with Crippen molar-refractivity contribution in [1.82, 2.24) is 5.32 Å². The van der Waals surface area contributed by atoms with Gasteiger partial charge in [0.25, 0.3) is 0 Å². The first-order valence-corrected chi connectivity index (χ1v) is 8.24. The molecule has 2 aromatic rings. The van der Waals surface area contributed by atoms with E-state index in [4.69, 9.17) is 0 Å². The van der Waals surface area contributed by atoms with Gasteiger partial charge in [-0.2, -0.15) is 0 Å². The van der Waals surface area contributed by atoms with Crippen LogP contribution in [0.5, 0.6) is 0 Å². The van der Waals surface area contributed by atoms with Crippen molar-refractivity contribution >= 4 is 11.8 Å². The van der Waals surface area contributed by atoms with E-state index in [-0.39, 0.29) is 5.54 Å². The number of aryl methyl sites for hydroxylation is 2. The molecule has 0 aromatic heterocycles. The van der Waals surface area contributed by atoms with Crippen LogP contribution >= 0.6 is 11.8 Å². The first kappa shape index (κ1) is 16.1. The number of benzene rings is 2. The van der Waals surface area contributed by atoms with Gasteiger partial charge in [-0.05, 0) is 63.9 Å². The maximum atomic E-state index is 3.53. The zero-order valence-electron chi connectivity index (χ0n) is 13.7. The molecule has 0 heterocycles. The predicted molar refractivity (Wildman–Crippen MR) is 93.1 cm³/mol. The molecule has 0 saturated heterocycles. The zero-order valence-corrected chi connectivity index (χ0v) is 14.5. The summed E-state index contributed by atoms with van der Waals surface area (Å²) in [5.41, 5.74) is 4.15. The van der Waals surface area contributed by atoms with Gasteiger partial charge in [-0.1, -0.05) is 41.6 Å². The highest BCUT2D eigenvalue weighted by Gasteiger charge is 2.09. The molecule has 0 aliphatic rings. The van der Waals surface area contributed by atoms with Crippen molar-refractivity contribution < 1.29 is 0 Å². The van der Waals surface area contributed by atoms with Crippen LogP contribution < -0.4 is 5.32 Å². The highest BCUT2D eigenvalue weighted by molar-refractivity contribution is 7.99. The van der Waals surface area contributed by atoms with Crippen LogP contribution in [0.2, 0.25) is 0 Å². The molecule has 112 valence electrons. The Bertz CT molecular complexity index is 594. The molecule has 0 bridgehead atoms. The van der Waals surface area contributed by atoms with Crippen LogP contribution in [0.3, 0.4) is 0 Å². The second-order valence-electron chi connectivity index (χ2n) is 6.62. The van der Waals surface area contributed by atoms with Gasteiger partial charge in [-0.15, -0.1) is 0 Å². The van der Waals surface area contributed by atoms with E-state index in [0.29, 0.717) is 0 Å². The topological polar surface area (TPSA) is 12.0 Å². The zero-order chi connectivity index (χ0) is 15.5. The van der Waals surface area contributed by atoms with Gasteiger partial charge in [0.15, 0.2) is 0 Å². The molecule has 0 saturated carbocycles. The molecule has 1 N–H and O–H groups in total. The fraction of sp³-hybridized carbons (Fsp3) is 0.368. The average molecular weight is 299 g/mol. The van der Waals surface area contributed by atoms with Crippen molar-refractivity contribution in [2.24, 2.45) is 0 Å². The van der Waals surface area contributed by atoms with Crippen LogP contribution in [0, 0.1) is 13.8 Å². The second-order valence-corrected chi connectivity index (χ2v) is 7.73. The quantitative estimate of drug-likeness (QED) is 0.817. The fourth-order valence-corrected chi connectivity index (χ4v) is 2.92. The minimum absolute atomic E-state index is 0.156. The Kier molecular flexibility index (Phi) is 5.13. The molecule has 2 heteroatoms. The van der Waals surface area contributed by atoms with Crippen LogP contribution in [0.4, 0.5) is 0 Å². The monoisotopic (exact) mass is 299 g/mol. The third-order valence-electron chi connectivity index (χ3n) is 3.31. The van der Waals surface area contributed by atoms with Crippen molar-refractivity contribution in [2.45, 2.75) is 56.5 Å². The summed E-state index contributed by atoms with van der Waals surface area (Å²) < 4.78 is 0. The van der Waals surface area contributed by atoms with E-state index in [1.54, 1.807) is 0 Å². The van der Waals surface area contributed by atoms with E-state index >= 15 is 0 Å². The highest BCUT2D eigenvalue weighted by atomic mass is 32.2. The fourth-order valence-electron chi connectivity index (χ4n) is 2.04. The van der Waals surface area contributed by atoms with Crippen LogP contribution in [0.1, 0.15) is 37.5 Å². The van der Waals surface area contributed by atoms with Gasteiger partial charge >= 0.3 is 0 Å². The molecule has 0 aliphatic heterocycles. The average Bonchev–Trinajstić information content (AvgIpc) is 2.41. The molecule has 0 spiro atoms. The molecular formula is C19H25NS. The van der Waals surface area contributed by atoms with Gasteiger partial charge in [0.1, 0.15) is 0 Å². The Hall–Kier alpha value is -1.25. The predicted octanol–water partition coefficient (Wildman–Crippen LogP) is 5.34. The van der Waals surface area contributed by atoms with Gasteiger partial charge in [0.05, 0.1) is 0 Å². The Balaban J connectivity index is 2.07. The lowest BCUT2D eigenvalue weighted by Crippen LogP contribution is -2.35. The van der Waals surface area contributed by atoms with Crippen molar-refractivity contribution in [1.29, 1.82) is 0 Å². The second kappa shape index (κ2) is 6.67. The number of hydrogen-bond acceptors (Lipinski definition) is 2. The summed E-state index contributed by atoms with van der Waals surface area (Å²) in [5.74, 6) is 0. The Morgan fingerprint density at radius 2 is 1.62 bits per heavy atom. The van der Waals surface area contributed by atoms with Crippen molar-refractivity contribution in [3.63, 3.8) is 0 Å². The summed E-state index contributed by atoms with van der Waals surface area (Å²) in [6, 6.07) is 15.5. The lowest BCUT2D eigenvalue weighted by molar-refractivity contribution is 0.424. The normalized spacial score (nSPS) is 11.7. The summed E-state index contributed by atoms with van der Waals surface area (Å²) in [5, 5.41) is 3.53. The van der Waals surface area contributed by atoms with Crippen LogP contribution in [-0.2, 0) is 6.54 Å². The van der Waals surface area contributed by atoms with Crippen LogP contribution in [0.25, 0.3) is 0 Å². The van der Waals surface area contributed by atoms with Gasteiger partial charge in [0, 0.05) is 21.9 Å². The molecular weight excluding hydrogens is 274 g/mol. The standard InChI is InChI=1S/C19H25NS/c1-14-6-9-17(10-7-14)21-18-11-8-16(12-15(18)2)13-20-19(3,4)5/h6-12,20H,13H2,1-5H3. The van der Waals surface area contributed by atoms with Gasteiger partial charge < -0.3 is 5.32 Å². The molecule has 0 fully saturated rings. The lowest BCUT2D eigenvalue weighted by atomic mass is 10.1. The summed E-state index contributed by atoms with van der Waals surface area (Å²) in [6.07, 6.45) is 0. The smallest absolute Gasteiger partial charge is 0.0210 e. The molecule has 21 heavy (non-hydrogen) atoms. The third kappa shape index (κ3) is 5.22. The molecule has 0 radical (unpaired) electrons. The largest absolute Gasteiger partial charge is 0.308 e. The van der Waals surface area contributed by atoms with E-state index in [1.165, 1.54) is 26.5 Å². The van der Waals surface area contributed by atoms with Crippen molar-refractivity contribution in [3.05, 3.63) is 59.2 Å². The molecule has 2 rings (SSSR count). The summed E-state index contributed by atoms with van der Waals surface area (Å²) >= 11 is 1.83. The van der Waals surface area contributed by atoms with Gasteiger partial charge in [-0.3, -0.25) is 0 Å². The molecule has 2 aromatic carbocycles. The van der Waals surface area contributed by atoms with Gasteiger partial charge in [-0.25, -0.2) is 0 Å². The molecule has 1 nitrogen and oxygen atoms in total. The SMILES string of the molecule is Cc1ccc(Sc2ccc(CNC(C)(C)C)cc2C)cc1. The molecule has 0 aliphatic carbocycles. The van der Waals surface area contributed by atoms with Crippen molar-refractivity contribution in [2.75, 3.05) is 0 Å². The highest BCUT2D eigenvalue weighted by Crippen LogP contribution is 2.30. The number of nitrogens with one attached hydrogen (secondary N) is 1. The minimum Gasteiger partial charge on any atom is -0.308 e. The first-order valence-electron chi connectivity index (χ1n) is 7.42. The van der Waals surface area contributed by atoms with E-state index in [1.807, 2.05) is 11.8 Å². The Morgan fingerprint density at radius 1 is 0.952 bits per heavy atom. The first-order chi connectivity index (χ1) is 9.83. The third-order valence-corrected chi connectivity index (χ3v) is 4.50. The molecule has 0 amide bonds. The molecule has 0 atom stereocenters. The Morgan fingerprint density at radius 3 is 2.19 bits per heavy atom. The molecule has 0 unspecified atom stereocenters. The lowest BCUT2D eigenvalue weighted by Gasteiger charge is -2.21. The minimum atomic E-state index is 0.156. The Labute approximate surface area is 133 Å². The maximum Gasteiger partial charge on any atom is 0.0210 e. The maximum absolute atomic E-state index is 3.53. The van der Waals surface area contributed by atoms with E-state index in [9.17, 15) is 0 Å².